The molecule has 1 fully saturated rings. The molecular formula is C23H29N3O5S. The van der Waals surface area contributed by atoms with Crippen LogP contribution in [0.1, 0.15) is 37.0 Å². The molecule has 0 radical (unpaired) electrons. The van der Waals surface area contributed by atoms with Crippen molar-refractivity contribution in [3.8, 4) is 5.75 Å². The normalized spacial score (nSPS) is 13.9. The molecule has 2 aromatic rings. The molecule has 2 amide bonds. The minimum Gasteiger partial charge on any atom is -0.484 e. The van der Waals surface area contributed by atoms with Crippen molar-refractivity contribution in [1.29, 1.82) is 0 Å². The molecule has 0 unspecified atom stereocenters. The van der Waals surface area contributed by atoms with Crippen LogP contribution in [0.3, 0.4) is 0 Å². The zero-order valence-electron chi connectivity index (χ0n) is 18.4. The van der Waals surface area contributed by atoms with Gasteiger partial charge < -0.3 is 15.0 Å². The van der Waals surface area contributed by atoms with Crippen LogP contribution in [0.4, 0.5) is 5.69 Å². The Kier molecular flexibility index (Phi) is 7.87. The Labute approximate surface area is 189 Å². The summed E-state index contributed by atoms with van der Waals surface area (Å²) in [5.74, 6) is -0.0248. The van der Waals surface area contributed by atoms with Crippen molar-refractivity contribution in [3.63, 3.8) is 0 Å². The Hall–Kier alpha value is -2.91. The van der Waals surface area contributed by atoms with Crippen LogP contribution >= 0.6 is 0 Å². The average Bonchev–Trinajstić information content (AvgIpc) is 3.33. The first-order valence-corrected chi connectivity index (χ1v) is 12.2. The molecule has 0 saturated carbocycles. The minimum atomic E-state index is -3.66. The lowest BCUT2D eigenvalue weighted by molar-refractivity contribution is -0.132. The highest BCUT2D eigenvalue weighted by Gasteiger charge is 2.22. The third kappa shape index (κ3) is 5.66. The predicted molar refractivity (Wildman–Crippen MR) is 122 cm³/mol. The van der Waals surface area contributed by atoms with Gasteiger partial charge in [-0.2, -0.15) is 4.31 Å². The summed E-state index contributed by atoms with van der Waals surface area (Å²) in [5.41, 5.74) is 0.715. The number of hydrogen-bond acceptors (Lipinski definition) is 5. The third-order valence-electron chi connectivity index (χ3n) is 5.35. The molecule has 9 heteroatoms. The Balaban J connectivity index is 1.67. The molecule has 32 heavy (non-hydrogen) atoms. The molecule has 2 aromatic carbocycles. The Morgan fingerprint density at radius 1 is 1.03 bits per heavy atom. The molecular weight excluding hydrogens is 430 g/mol. The van der Waals surface area contributed by atoms with Gasteiger partial charge in [0.1, 0.15) is 5.75 Å². The number of likely N-dealkylation sites (tertiary alicyclic amines) is 1. The van der Waals surface area contributed by atoms with Crippen LogP contribution in [0.2, 0.25) is 0 Å². The van der Waals surface area contributed by atoms with Crippen molar-refractivity contribution < 1.29 is 22.7 Å². The maximum Gasteiger partial charge on any atom is 0.260 e. The number of nitrogens with zero attached hydrogens (tertiary/aromatic N) is 2. The lowest BCUT2D eigenvalue weighted by atomic mass is 10.2. The number of anilines is 1. The zero-order valence-corrected chi connectivity index (χ0v) is 19.2. The van der Waals surface area contributed by atoms with Gasteiger partial charge in [0.2, 0.25) is 10.0 Å². The van der Waals surface area contributed by atoms with E-state index in [1.807, 2.05) is 0 Å². The van der Waals surface area contributed by atoms with E-state index < -0.39 is 15.9 Å². The molecule has 0 bridgehead atoms. The van der Waals surface area contributed by atoms with E-state index in [-0.39, 0.29) is 23.0 Å². The number of nitrogens with one attached hydrogen (secondary N) is 1. The van der Waals surface area contributed by atoms with E-state index in [2.05, 4.69) is 5.32 Å². The van der Waals surface area contributed by atoms with Gasteiger partial charge in [0.25, 0.3) is 11.8 Å². The van der Waals surface area contributed by atoms with Crippen LogP contribution in [0, 0.1) is 0 Å². The summed E-state index contributed by atoms with van der Waals surface area (Å²) in [6.07, 6.45) is 2.04. The molecule has 0 aliphatic carbocycles. The van der Waals surface area contributed by atoms with E-state index >= 15 is 0 Å². The van der Waals surface area contributed by atoms with Gasteiger partial charge >= 0.3 is 0 Å². The molecule has 1 saturated heterocycles. The van der Waals surface area contributed by atoms with E-state index in [0.29, 0.717) is 24.5 Å². The monoisotopic (exact) mass is 459 g/mol. The first-order chi connectivity index (χ1) is 15.3. The zero-order chi connectivity index (χ0) is 23.1. The van der Waals surface area contributed by atoms with E-state index in [0.717, 1.165) is 25.9 Å². The Morgan fingerprint density at radius 2 is 1.72 bits per heavy atom. The second-order valence-electron chi connectivity index (χ2n) is 7.48. The van der Waals surface area contributed by atoms with Crippen molar-refractivity contribution in [1.82, 2.24) is 9.21 Å². The van der Waals surface area contributed by atoms with Gasteiger partial charge in [-0.25, -0.2) is 8.42 Å². The van der Waals surface area contributed by atoms with E-state index in [1.165, 1.54) is 16.4 Å². The number of ether oxygens (including phenoxy) is 1. The standard InChI is InChI=1S/C23H29N3O5S/c1-3-26(4-2)32(29,30)21-12-7-9-18(15-21)23(28)24-19-10-8-11-20(16-19)31-17-22(27)25-13-5-6-14-25/h7-12,15-16H,3-6,13-14,17H2,1-2H3,(H,24,28). The Bertz CT molecular complexity index is 1060. The fourth-order valence-electron chi connectivity index (χ4n) is 3.58. The lowest BCUT2D eigenvalue weighted by Gasteiger charge is -2.18. The molecule has 1 N–H and O–H groups in total. The number of sulfonamides is 1. The van der Waals surface area contributed by atoms with Gasteiger partial charge in [0.05, 0.1) is 4.90 Å². The fraction of sp³-hybridized carbons (Fsp3) is 0.391. The van der Waals surface area contributed by atoms with E-state index in [4.69, 9.17) is 4.74 Å². The first kappa shape index (κ1) is 23.7. The second kappa shape index (κ2) is 10.6. The molecule has 1 aliphatic rings. The summed E-state index contributed by atoms with van der Waals surface area (Å²) in [5, 5.41) is 2.75. The highest BCUT2D eigenvalue weighted by Crippen LogP contribution is 2.21. The summed E-state index contributed by atoms with van der Waals surface area (Å²) in [4.78, 5) is 26.7. The van der Waals surface area contributed by atoms with Crippen LogP contribution in [0.5, 0.6) is 5.75 Å². The van der Waals surface area contributed by atoms with Gasteiger partial charge in [-0.05, 0) is 43.2 Å². The SMILES string of the molecule is CCN(CC)S(=O)(=O)c1cccc(C(=O)Nc2cccc(OCC(=O)N3CCCC3)c2)c1. The van der Waals surface area contributed by atoms with Crippen LogP contribution in [-0.2, 0) is 14.8 Å². The van der Waals surface area contributed by atoms with E-state index in [9.17, 15) is 18.0 Å². The number of carbonyl (C=O) groups is 2. The molecule has 3 rings (SSSR count). The molecule has 8 nitrogen and oxygen atoms in total. The number of hydrogen-bond donors (Lipinski definition) is 1. The van der Waals surface area contributed by atoms with Crippen molar-refractivity contribution in [2.75, 3.05) is 38.1 Å². The van der Waals surface area contributed by atoms with Crippen molar-refractivity contribution in [3.05, 3.63) is 54.1 Å². The highest BCUT2D eigenvalue weighted by atomic mass is 32.2. The molecule has 0 aromatic heterocycles. The summed E-state index contributed by atoms with van der Waals surface area (Å²) in [6.45, 7) is 5.72. The quantitative estimate of drug-likeness (QED) is 0.622. The largest absolute Gasteiger partial charge is 0.484 e. The third-order valence-corrected chi connectivity index (χ3v) is 7.40. The minimum absolute atomic E-state index is 0.0526. The van der Waals surface area contributed by atoms with Crippen LogP contribution in [0.15, 0.2) is 53.4 Å². The van der Waals surface area contributed by atoms with Crippen LogP contribution < -0.4 is 10.1 Å². The molecule has 1 heterocycles. The van der Waals surface area contributed by atoms with Crippen molar-refractivity contribution in [2.45, 2.75) is 31.6 Å². The van der Waals surface area contributed by atoms with Gasteiger partial charge in [-0.1, -0.05) is 26.0 Å². The van der Waals surface area contributed by atoms with E-state index in [1.54, 1.807) is 55.1 Å². The van der Waals surface area contributed by atoms with Gasteiger partial charge in [0.15, 0.2) is 6.61 Å². The first-order valence-electron chi connectivity index (χ1n) is 10.8. The lowest BCUT2D eigenvalue weighted by Crippen LogP contribution is -2.32. The second-order valence-corrected chi connectivity index (χ2v) is 9.41. The van der Waals surface area contributed by atoms with Gasteiger partial charge in [-0.15, -0.1) is 0 Å². The van der Waals surface area contributed by atoms with Crippen molar-refractivity contribution >= 4 is 27.5 Å². The maximum atomic E-state index is 12.7. The Morgan fingerprint density at radius 3 is 2.41 bits per heavy atom. The molecule has 0 atom stereocenters. The average molecular weight is 460 g/mol. The van der Waals surface area contributed by atoms with Gasteiger partial charge in [0, 0.05) is 43.5 Å². The number of carbonyl (C=O) groups excluding carboxylic acids is 2. The smallest absolute Gasteiger partial charge is 0.260 e. The van der Waals surface area contributed by atoms with Gasteiger partial charge in [-0.3, -0.25) is 9.59 Å². The van der Waals surface area contributed by atoms with Crippen molar-refractivity contribution in [2.24, 2.45) is 0 Å². The number of benzene rings is 2. The summed E-state index contributed by atoms with van der Waals surface area (Å²) in [6, 6.07) is 12.7. The summed E-state index contributed by atoms with van der Waals surface area (Å²) >= 11 is 0. The highest BCUT2D eigenvalue weighted by molar-refractivity contribution is 7.89. The van der Waals surface area contributed by atoms with Crippen LogP contribution in [0.25, 0.3) is 0 Å². The predicted octanol–water partition coefficient (Wildman–Crippen LogP) is 2.97. The number of rotatable bonds is 9. The maximum absolute atomic E-state index is 12.7. The summed E-state index contributed by atoms with van der Waals surface area (Å²) in [7, 11) is -3.66. The van der Waals surface area contributed by atoms with Crippen LogP contribution in [-0.4, -0.2) is 62.2 Å². The molecule has 0 spiro atoms. The molecule has 1 aliphatic heterocycles. The summed E-state index contributed by atoms with van der Waals surface area (Å²) < 4.78 is 32.4. The fourth-order valence-corrected chi connectivity index (χ4v) is 5.08. The molecule has 172 valence electrons. The number of amides is 2. The topological polar surface area (TPSA) is 96.0 Å².